The van der Waals surface area contributed by atoms with Crippen LogP contribution in [0.1, 0.15) is 64.7 Å². The molecule has 1 aliphatic carbocycles. The predicted octanol–water partition coefficient (Wildman–Crippen LogP) is 3.17. The minimum atomic E-state index is 0.735. The van der Waals surface area contributed by atoms with Gasteiger partial charge in [-0.1, -0.05) is 32.1 Å². The van der Waals surface area contributed by atoms with Gasteiger partial charge in [-0.15, -0.1) is 0 Å². The molecule has 0 aromatic rings. The van der Waals surface area contributed by atoms with Gasteiger partial charge in [-0.2, -0.15) is 0 Å². The lowest BCUT2D eigenvalue weighted by molar-refractivity contribution is 0.167. The Labute approximate surface area is 107 Å². The van der Waals surface area contributed by atoms with Gasteiger partial charge < -0.3 is 5.32 Å². The third-order valence-electron chi connectivity index (χ3n) is 4.57. The van der Waals surface area contributed by atoms with E-state index in [2.05, 4.69) is 17.1 Å². The quantitative estimate of drug-likeness (QED) is 0.757. The van der Waals surface area contributed by atoms with Gasteiger partial charge in [0.15, 0.2) is 0 Å². The summed E-state index contributed by atoms with van der Waals surface area (Å²) >= 11 is 0. The zero-order chi connectivity index (χ0) is 11.9. The maximum absolute atomic E-state index is 3.82. The molecule has 100 valence electrons. The summed E-state index contributed by atoms with van der Waals surface area (Å²) in [5.41, 5.74) is 0. The van der Waals surface area contributed by atoms with E-state index in [4.69, 9.17) is 0 Å². The summed E-state index contributed by atoms with van der Waals surface area (Å²) in [6.07, 6.45) is 12.9. The minimum absolute atomic E-state index is 0.735. The first kappa shape index (κ1) is 13.4. The van der Waals surface area contributed by atoms with Crippen LogP contribution in [0.3, 0.4) is 0 Å². The monoisotopic (exact) mass is 238 g/mol. The third-order valence-corrected chi connectivity index (χ3v) is 4.57. The highest BCUT2D eigenvalue weighted by atomic mass is 15.2. The van der Waals surface area contributed by atoms with Crippen molar-refractivity contribution in [1.82, 2.24) is 10.2 Å². The maximum Gasteiger partial charge on any atom is 0.0192 e. The van der Waals surface area contributed by atoms with Crippen molar-refractivity contribution in [3.63, 3.8) is 0 Å². The number of nitrogens with one attached hydrogen (secondary N) is 1. The van der Waals surface area contributed by atoms with Crippen LogP contribution in [-0.2, 0) is 0 Å². The Bertz CT molecular complexity index is 191. The smallest absolute Gasteiger partial charge is 0.0192 e. The highest BCUT2D eigenvalue weighted by Gasteiger charge is 2.18. The van der Waals surface area contributed by atoms with Crippen LogP contribution in [0.4, 0.5) is 0 Å². The van der Waals surface area contributed by atoms with Gasteiger partial charge in [0.05, 0.1) is 0 Å². The minimum Gasteiger partial charge on any atom is -0.312 e. The van der Waals surface area contributed by atoms with E-state index in [1.54, 1.807) is 0 Å². The second-order valence-electron chi connectivity index (χ2n) is 6.04. The number of hydrogen-bond donors (Lipinski definition) is 1. The molecule has 0 bridgehead atoms. The van der Waals surface area contributed by atoms with Gasteiger partial charge in [0, 0.05) is 18.6 Å². The van der Waals surface area contributed by atoms with Crippen LogP contribution in [0.2, 0.25) is 0 Å². The van der Waals surface area contributed by atoms with E-state index in [1.165, 1.54) is 77.4 Å². The Hall–Kier alpha value is -0.0800. The van der Waals surface area contributed by atoms with E-state index >= 15 is 0 Å². The summed E-state index contributed by atoms with van der Waals surface area (Å²) in [4.78, 5) is 2.67. The average Bonchev–Trinajstić information content (AvgIpc) is 2.65. The Morgan fingerprint density at radius 2 is 1.53 bits per heavy atom. The molecule has 0 amide bonds. The molecule has 1 saturated carbocycles. The molecule has 1 unspecified atom stereocenters. The van der Waals surface area contributed by atoms with Crippen LogP contribution in [-0.4, -0.2) is 36.6 Å². The van der Waals surface area contributed by atoms with Gasteiger partial charge in [-0.25, -0.2) is 0 Å². The second kappa shape index (κ2) is 7.38. The van der Waals surface area contributed by atoms with Crippen LogP contribution in [0.25, 0.3) is 0 Å². The van der Waals surface area contributed by atoms with Gasteiger partial charge in [0.25, 0.3) is 0 Å². The van der Waals surface area contributed by atoms with Crippen molar-refractivity contribution < 1.29 is 0 Å². The molecule has 1 aliphatic heterocycles. The molecule has 2 rings (SSSR count). The number of hydrogen-bond acceptors (Lipinski definition) is 2. The fourth-order valence-corrected chi connectivity index (χ4v) is 3.31. The molecule has 0 radical (unpaired) electrons. The molecule has 2 nitrogen and oxygen atoms in total. The summed E-state index contributed by atoms with van der Waals surface area (Å²) in [6.45, 7) is 6.25. The summed E-state index contributed by atoms with van der Waals surface area (Å²) < 4.78 is 0. The number of rotatable bonds is 4. The Balaban J connectivity index is 1.65. The largest absolute Gasteiger partial charge is 0.312 e. The first-order valence-corrected chi connectivity index (χ1v) is 7.83. The predicted molar refractivity (Wildman–Crippen MR) is 74.4 cm³/mol. The fourth-order valence-electron chi connectivity index (χ4n) is 3.31. The maximum atomic E-state index is 3.82. The number of piperidine rings is 1. The van der Waals surface area contributed by atoms with Crippen molar-refractivity contribution >= 4 is 0 Å². The van der Waals surface area contributed by atoms with Gasteiger partial charge in [0.1, 0.15) is 0 Å². The summed E-state index contributed by atoms with van der Waals surface area (Å²) in [5, 5.41) is 3.82. The first-order valence-electron chi connectivity index (χ1n) is 7.83. The molecule has 0 spiro atoms. The molecule has 2 fully saturated rings. The second-order valence-corrected chi connectivity index (χ2v) is 6.04. The van der Waals surface area contributed by atoms with E-state index in [9.17, 15) is 0 Å². The van der Waals surface area contributed by atoms with Crippen molar-refractivity contribution in [2.75, 3.05) is 19.6 Å². The van der Waals surface area contributed by atoms with Gasteiger partial charge in [0.2, 0.25) is 0 Å². The average molecular weight is 238 g/mol. The standard InChI is InChI=1S/C15H30N2/c1-14(17-11-7-4-8-12-17)13-16-15-9-5-2-3-6-10-15/h14-16H,2-13H2,1H3. The molecule has 0 aromatic heterocycles. The number of nitrogens with zero attached hydrogens (tertiary/aromatic N) is 1. The Morgan fingerprint density at radius 1 is 0.941 bits per heavy atom. The lowest BCUT2D eigenvalue weighted by Crippen LogP contribution is -2.45. The summed E-state index contributed by atoms with van der Waals surface area (Å²) in [6, 6.07) is 1.54. The van der Waals surface area contributed by atoms with Crippen molar-refractivity contribution in [2.24, 2.45) is 0 Å². The molecule has 1 N–H and O–H groups in total. The number of likely N-dealkylation sites (tertiary alicyclic amines) is 1. The topological polar surface area (TPSA) is 15.3 Å². The van der Waals surface area contributed by atoms with E-state index < -0.39 is 0 Å². The zero-order valence-electron chi connectivity index (χ0n) is 11.6. The van der Waals surface area contributed by atoms with E-state index in [0.717, 1.165) is 12.1 Å². The first-order chi connectivity index (χ1) is 8.36. The normalized spacial score (nSPS) is 26.6. The van der Waals surface area contributed by atoms with Crippen LogP contribution in [0.5, 0.6) is 0 Å². The van der Waals surface area contributed by atoms with Crippen LogP contribution >= 0.6 is 0 Å². The molecule has 17 heavy (non-hydrogen) atoms. The SMILES string of the molecule is CC(CNC1CCCCCC1)N1CCCCC1. The van der Waals surface area contributed by atoms with E-state index in [0.29, 0.717) is 0 Å². The lowest BCUT2D eigenvalue weighted by atomic mass is 10.1. The van der Waals surface area contributed by atoms with Crippen molar-refractivity contribution in [1.29, 1.82) is 0 Å². The fraction of sp³-hybridized carbons (Fsp3) is 1.00. The van der Waals surface area contributed by atoms with Gasteiger partial charge in [-0.3, -0.25) is 4.90 Å². The highest BCUT2D eigenvalue weighted by molar-refractivity contribution is 4.77. The molecular formula is C15H30N2. The van der Waals surface area contributed by atoms with Gasteiger partial charge in [-0.05, 0) is 45.7 Å². The molecule has 0 aromatic carbocycles. The van der Waals surface area contributed by atoms with Crippen LogP contribution in [0, 0.1) is 0 Å². The Kier molecular flexibility index (Phi) is 5.79. The van der Waals surface area contributed by atoms with Crippen molar-refractivity contribution in [3.8, 4) is 0 Å². The molecule has 2 aliphatic rings. The highest BCUT2D eigenvalue weighted by Crippen LogP contribution is 2.17. The molecule has 1 atom stereocenters. The molecule has 2 heteroatoms. The molecule has 1 saturated heterocycles. The molecular weight excluding hydrogens is 208 g/mol. The van der Waals surface area contributed by atoms with E-state index in [1.807, 2.05) is 0 Å². The van der Waals surface area contributed by atoms with E-state index in [-0.39, 0.29) is 0 Å². The van der Waals surface area contributed by atoms with Crippen molar-refractivity contribution in [3.05, 3.63) is 0 Å². The molecule has 1 heterocycles. The zero-order valence-corrected chi connectivity index (χ0v) is 11.6. The Morgan fingerprint density at radius 3 is 2.18 bits per heavy atom. The summed E-state index contributed by atoms with van der Waals surface area (Å²) in [5.74, 6) is 0. The van der Waals surface area contributed by atoms with Gasteiger partial charge >= 0.3 is 0 Å². The van der Waals surface area contributed by atoms with Crippen LogP contribution < -0.4 is 5.32 Å². The van der Waals surface area contributed by atoms with Crippen LogP contribution in [0.15, 0.2) is 0 Å². The lowest BCUT2D eigenvalue weighted by Gasteiger charge is -2.33. The summed E-state index contributed by atoms with van der Waals surface area (Å²) in [7, 11) is 0. The van der Waals surface area contributed by atoms with Crippen molar-refractivity contribution in [2.45, 2.75) is 76.8 Å². The third kappa shape index (κ3) is 4.59.